The van der Waals surface area contributed by atoms with Gasteiger partial charge in [0, 0.05) is 0 Å². The third-order valence-corrected chi connectivity index (χ3v) is 4.51. The molecule has 4 heteroatoms. The fourth-order valence-corrected chi connectivity index (χ4v) is 2.98. The summed E-state index contributed by atoms with van der Waals surface area (Å²) in [6.07, 6.45) is 0. The predicted octanol–water partition coefficient (Wildman–Crippen LogP) is 3.48. The highest BCUT2D eigenvalue weighted by Gasteiger charge is 2.37. The van der Waals surface area contributed by atoms with Gasteiger partial charge < -0.3 is 14.6 Å². The molecule has 0 bridgehead atoms. The summed E-state index contributed by atoms with van der Waals surface area (Å²) < 4.78 is 9.94. The van der Waals surface area contributed by atoms with Crippen LogP contribution in [0.5, 0.6) is 0 Å². The molecule has 2 aromatic carbocycles. The Kier molecular flexibility index (Phi) is 4.43. The highest BCUT2D eigenvalue weighted by molar-refractivity contribution is 5.91. The SMILES string of the molecule is COC(=O)c1ccc(C(C)C)c(-c2ccc(C3(O)COC3)cc2)c1. The molecule has 1 saturated heterocycles. The van der Waals surface area contributed by atoms with E-state index in [-0.39, 0.29) is 5.97 Å². The van der Waals surface area contributed by atoms with Gasteiger partial charge in [-0.15, -0.1) is 0 Å². The monoisotopic (exact) mass is 326 g/mol. The van der Waals surface area contributed by atoms with Crippen molar-refractivity contribution in [1.29, 1.82) is 0 Å². The van der Waals surface area contributed by atoms with E-state index in [1.165, 1.54) is 12.7 Å². The molecule has 1 aliphatic rings. The van der Waals surface area contributed by atoms with Crippen molar-refractivity contribution in [2.45, 2.75) is 25.4 Å². The fourth-order valence-electron chi connectivity index (χ4n) is 2.98. The Morgan fingerprint density at radius 1 is 1.17 bits per heavy atom. The molecule has 0 atom stereocenters. The zero-order valence-corrected chi connectivity index (χ0v) is 14.2. The van der Waals surface area contributed by atoms with Crippen molar-refractivity contribution < 1.29 is 19.4 Å². The van der Waals surface area contributed by atoms with Gasteiger partial charge in [-0.05, 0) is 40.3 Å². The quantitative estimate of drug-likeness (QED) is 0.874. The van der Waals surface area contributed by atoms with E-state index in [1.807, 2.05) is 36.4 Å². The van der Waals surface area contributed by atoms with Gasteiger partial charge in [0.05, 0.1) is 25.9 Å². The lowest BCUT2D eigenvalue weighted by Gasteiger charge is -2.36. The normalized spacial score (nSPS) is 15.9. The molecule has 1 N–H and O–H groups in total. The molecule has 24 heavy (non-hydrogen) atoms. The van der Waals surface area contributed by atoms with Gasteiger partial charge in [-0.25, -0.2) is 4.79 Å². The van der Waals surface area contributed by atoms with Crippen LogP contribution in [0.25, 0.3) is 11.1 Å². The topological polar surface area (TPSA) is 55.8 Å². The number of carbonyl (C=O) groups excluding carboxylic acids is 1. The summed E-state index contributed by atoms with van der Waals surface area (Å²) in [5, 5.41) is 10.3. The van der Waals surface area contributed by atoms with Gasteiger partial charge in [0.2, 0.25) is 0 Å². The fraction of sp³-hybridized carbons (Fsp3) is 0.350. The molecular weight excluding hydrogens is 304 g/mol. The summed E-state index contributed by atoms with van der Waals surface area (Å²) >= 11 is 0. The van der Waals surface area contributed by atoms with Crippen LogP contribution in [0.4, 0.5) is 0 Å². The van der Waals surface area contributed by atoms with Crippen LogP contribution in [-0.2, 0) is 15.1 Å². The minimum Gasteiger partial charge on any atom is -0.465 e. The van der Waals surface area contributed by atoms with Gasteiger partial charge in [0.1, 0.15) is 5.60 Å². The predicted molar refractivity (Wildman–Crippen MR) is 92.0 cm³/mol. The molecule has 1 heterocycles. The summed E-state index contributed by atoms with van der Waals surface area (Å²) in [4.78, 5) is 11.8. The van der Waals surface area contributed by atoms with Gasteiger partial charge in [-0.1, -0.05) is 44.2 Å². The summed E-state index contributed by atoms with van der Waals surface area (Å²) in [5.41, 5.74) is 3.71. The number of aliphatic hydroxyl groups is 1. The number of hydrogen-bond donors (Lipinski definition) is 1. The average molecular weight is 326 g/mol. The van der Waals surface area contributed by atoms with Crippen molar-refractivity contribution >= 4 is 5.97 Å². The first kappa shape index (κ1) is 16.7. The minimum absolute atomic E-state index is 0.329. The smallest absolute Gasteiger partial charge is 0.337 e. The Bertz CT molecular complexity index is 743. The lowest BCUT2D eigenvalue weighted by atomic mass is 9.88. The van der Waals surface area contributed by atoms with Gasteiger partial charge in [-0.3, -0.25) is 0 Å². The lowest BCUT2D eigenvalue weighted by molar-refractivity contribution is -0.184. The van der Waals surface area contributed by atoms with Crippen molar-refractivity contribution in [2.75, 3.05) is 20.3 Å². The molecule has 126 valence electrons. The Balaban J connectivity index is 2.01. The Morgan fingerprint density at radius 2 is 1.83 bits per heavy atom. The van der Waals surface area contributed by atoms with E-state index in [4.69, 9.17) is 9.47 Å². The number of hydrogen-bond acceptors (Lipinski definition) is 4. The van der Waals surface area contributed by atoms with Crippen molar-refractivity contribution in [3.05, 3.63) is 59.2 Å². The van der Waals surface area contributed by atoms with Crippen LogP contribution in [0.3, 0.4) is 0 Å². The molecule has 0 aliphatic carbocycles. The van der Waals surface area contributed by atoms with Crippen LogP contribution in [0.1, 0.15) is 41.3 Å². The second-order valence-electron chi connectivity index (χ2n) is 6.55. The molecule has 3 rings (SSSR count). The number of carbonyl (C=O) groups is 1. The number of methoxy groups -OCH3 is 1. The standard InChI is InChI=1S/C20H22O4/c1-13(2)17-9-6-15(19(21)23-3)10-18(17)14-4-7-16(8-5-14)20(22)11-24-12-20/h4-10,13,22H,11-12H2,1-3H3. The van der Waals surface area contributed by atoms with Crippen LogP contribution in [-0.4, -0.2) is 31.4 Å². The third kappa shape index (κ3) is 2.95. The molecule has 0 unspecified atom stereocenters. The minimum atomic E-state index is -0.868. The first-order valence-corrected chi connectivity index (χ1v) is 8.08. The van der Waals surface area contributed by atoms with E-state index in [9.17, 15) is 9.90 Å². The first-order chi connectivity index (χ1) is 11.4. The summed E-state index contributed by atoms with van der Waals surface area (Å²) in [6.45, 7) is 4.92. The van der Waals surface area contributed by atoms with Gasteiger partial charge >= 0.3 is 5.97 Å². The first-order valence-electron chi connectivity index (χ1n) is 8.08. The highest BCUT2D eigenvalue weighted by atomic mass is 16.5. The van der Waals surface area contributed by atoms with E-state index < -0.39 is 5.60 Å². The maximum Gasteiger partial charge on any atom is 0.337 e. The molecule has 0 spiro atoms. The molecule has 1 fully saturated rings. The summed E-state index contributed by atoms with van der Waals surface area (Å²) in [5.74, 6) is -0.0142. The molecular formula is C20H22O4. The average Bonchev–Trinajstić information content (AvgIpc) is 2.58. The second-order valence-corrected chi connectivity index (χ2v) is 6.55. The van der Waals surface area contributed by atoms with E-state index in [1.54, 1.807) is 6.07 Å². The maximum absolute atomic E-state index is 11.8. The Hall–Kier alpha value is -2.17. The van der Waals surface area contributed by atoms with Crippen LogP contribution in [0, 0.1) is 0 Å². The molecule has 0 amide bonds. The van der Waals surface area contributed by atoms with Crippen LogP contribution in [0.15, 0.2) is 42.5 Å². The van der Waals surface area contributed by atoms with Gasteiger partial charge in [0.25, 0.3) is 0 Å². The van der Waals surface area contributed by atoms with E-state index in [0.717, 1.165) is 16.7 Å². The van der Waals surface area contributed by atoms with E-state index in [2.05, 4.69) is 13.8 Å². The van der Waals surface area contributed by atoms with E-state index >= 15 is 0 Å². The van der Waals surface area contributed by atoms with Gasteiger partial charge in [-0.2, -0.15) is 0 Å². The van der Waals surface area contributed by atoms with Crippen molar-refractivity contribution in [1.82, 2.24) is 0 Å². The number of ether oxygens (including phenoxy) is 2. The molecule has 4 nitrogen and oxygen atoms in total. The molecule has 2 aromatic rings. The zero-order valence-electron chi connectivity index (χ0n) is 14.2. The molecule has 0 aromatic heterocycles. The lowest BCUT2D eigenvalue weighted by Crippen LogP contribution is -2.46. The van der Waals surface area contributed by atoms with Crippen LogP contribution in [0.2, 0.25) is 0 Å². The maximum atomic E-state index is 11.8. The summed E-state index contributed by atoms with van der Waals surface area (Å²) in [6, 6.07) is 13.5. The van der Waals surface area contributed by atoms with Gasteiger partial charge in [0.15, 0.2) is 0 Å². The van der Waals surface area contributed by atoms with Crippen LogP contribution < -0.4 is 0 Å². The Morgan fingerprint density at radius 3 is 2.33 bits per heavy atom. The number of esters is 1. The number of rotatable bonds is 4. The molecule has 0 radical (unpaired) electrons. The molecule has 0 saturated carbocycles. The molecule has 1 aliphatic heterocycles. The van der Waals surface area contributed by atoms with Crippen molar-refractivity contribution in [2.24, 2.45) is 0 Å². The summed E-state index contributed by atoms with van der Waals surface area (Å²) in [7, 11) is 1.38. The number of benzene rings is 2. The van der Waals surface area contributed by atoms with Crippen molar-refractivity contribution in [3.8, 4) is 11.1 Å². The van der Waals surface area contributed by atoms with Crippen molar-refractivity contribution in [3.63, 3.8) is 0 Å². The zero-order chi connectivity index (χ0) is 17.3. The highest BCUT2D eigenvalue weighted by Crippen LogP contribution is 2.34. The van der Waals surface area contributed by atoms with E-state index in [0.29, 0.717) is 24.7 Å². The largest absolute Gasteiger partial charge is 0.465 e. The van der Waals surface area contributed by atoms with Crippen LogP contribution >= 0.6 is 0 Å². The third-order valence-electron chi connectivity index (χ3n) is 4.51. The Labute approximate surface area is 142 Å². The second kappa shape index (κ2) is 6.38.